The van der Waals surface area contributed by atoms with Gasteiger partial charge >= 0.3 is 0 Å². The fourth-order valence-electron chi connectivity index (χ4n) is 2.63. The Balaban J connectivity index is 2.12. The average Bonchev–Trinajstić information content (AvgIpc) is 2.45. The molecule has 19 heavy (non-hydrogen) atoms. The minimum atomic E-state index is -0.116. The van der Waals surface area contributed by atoms with Crippen LogP contribution in [0, 0.1) is 0 Å². The maximum Gasteiger partial charge on any atom is 0.239 e. The Morgan fingerprint density at radius 3 is 2.47 bits per heavy atom. The lowest BCUT2D eigenvalue weighted by molar-refractivity contribution is -0.132. The summed E-state index contributed by atoms with van der Waals surface area (Å²) in [6.07, 6.45) is 6.81. The van der Waals surface area contributed by atoms with Crippen LogP contribution in [0.1, 0.15) is 52.9 Å². The van der Waals surface area contributed by atoms with Gasteiger partial charge in [0, 0.05) is 19.6 Å². The third-order valence-electron chi connectivity index (χ3n) is 3.90. The van der Waals surface area contributed by atoms with E-state index in [1.165, 1.54) is 32.1 Å². The second-order valence-corrected chi connectivity index (χ2v) is 5.32. The minimum absolute atomic E-state index is 0.116. The molecule has 1 aliphatic carbocycles. The molecular formula is C15H30N2O2. The van der Waals surface area contributed by atoms with Crippen LogP contribution >= 0.6 is 0 Å². The lowest BCUT2D eigenvalue weighted by Crippen LogP contribution is -2.45. The first kappa shape index (κ1) is 16.4. The lowest BCUT2D eigenvalue weighted by atomic mass is 9.98. The smallest absolute Gasteiger partial charge is 0.239 e. The molecule has 1 amide bonds. The first-order valence-corrected chi connectivity index (χ1v) is 7.82. The van der Waals surface area contributed by atoms with Gasteiger partial charge in [0.2, 0.25) is 5.91 Å². The zero-order valence-electron chi connectivity index (χ0n) is 12.8. The number of nitrogens with one attached hydrogen (secondary N) is 1. The van der Waals surface area contributed by atoms with Crippen molar-refractivity contribution in [3.05, 3.63) is 0 Å². The fraction of sp³-hybridized carbons (Fsp3) is 0.933. The maximum absolute atomic E-state index is 12.0. The zero-order chi connectivity index (χ0) is 14.1. The largest absolute Gasteiger partial charge is 0.377 e. The summed E-state index contributed by atoms with van der Waals surface area (Å²) in [5.74, 6) is 0.183. The molecule has 0 spiro atoms. The fourth-order valence-corrected chi connectivity index (χ4v) is 2.63. The van der Waals surface area contributed by atoms with Crippen molar-refractivity contribution in [1.29, 1.82) is 0 Å². The first-order chi connectivity index (χ1) is 9.19. The highest BCUT2D eigenvalue weighted by Crippen LogP contribution is 2.19. The van der Waals surface area contributed by atoms with E-state index >= 15 is 0 Å². The number of rotatable bonds is 8. The average molecular weight is 270 g/mol. The van der Waals surface area contributed by atoms with Gasteiger partial charge in [-0.3, -0.25) is 4.79 Å². The normalized spacial score (nSPS) is 18.3. The van der Waals surface area contributed by atoms with Crippen LogP contribution < -0.4 is 5.32 Å². The molecule has 0 bridgehead atoms. The van der Waals surface area contributed by atoms with Crippen molar-refractivity contribution < 1.29 is 9.53 Å². The molecule has 1 aliphatic rings. The molecule has 0 radical (unpaired) electrons. The molecule has 112 valence electrons. The van der Waals surface area contributed by atoms with Gasteiger partial charge in [0.05, 0.1) is 18.8 Å². The van der Waals surface area contributed by atoms with Crippen LogP contribution in [0.2, 0.25) is 0 Å². The predicted molar refractivity (Wildman–Crippen MR) is 78.2 cm³/mol. The highest BCUT2D eigenvalue weighted by atomic mass is 16.5. The van der Waals surface area contributed by atoms with Gasteiger partial charge in [-0.1, -0.05) is 19.3 Å². The Morgan fingerprint density at radius 2 is 1.89 bits per heavy atom. The van der Waals surface area contributed by atoms with Gasteiger partial charge < -0.3 is 15.0 Å². The van der Waals surface area contributed by atoms with E-state index in [4.69, 9.17) is 4.74 Å². The number of hydrogen-bond donors (Lipinski definition) is 1. The van der Waals surface area contributed by atoms with Gasteiger partial charge in [0.25, 0.3) is 0 Å². The van der Waals surface area contributed by atoms with E-state index in [9.17, 15) is 4.79 Å². The molecule has 1 atom stereocenters. The summed E-state index contributed by atoms with van der Waals surface area (Å²) >= 11 is 0. The lowest BCUT2D eigenvalue weighted by Gasteiger charge is -2.25. The molecule has 0 aromatic rings. The maximum atomic E-state index is 12.0. The SMILES string of the molecule is CCN(CC)C(=O)C(C)NCCOC1CCCCC1. The number of likely N-dealkylation sites (N-methyl/N-ethyl adjacent to an activating group) is 1. The van der Waals surface area contributed by atoms with Crippen LogP contribution in [0.3, 0.4) is 0 Å². The molecule has 0 aliphatic heterocycles. The molecule has 1 rings (SSSR count). The molecule has 0 saturated heterocycles. The molecule has 1 fully saturated rings. The van der Waals surface area contributed by atoms with Gasteiger partial charge in [-0.05, 0) is 33.6 Å². The Hall–Kier alpha value is -0.610. The van der Waals surface area contributed by atoms with Crippen molar-refractivity contribution in [2.75, 3.05) is 26.2 Å². The third-order valence-corrected chi connectivity index (χ3v) is 3.90. The molecule has 1 unspecified atom stereocenters. The van der Waals surface area contributed by atoms with Crippen molar-refractivity contribution in [3.63, 3.8) is 0 Å². The Bertz CT molecular complexity index is 249. The molecule has 4 heteroatoms. The second-order valence-electron chi connectivity index (χ2n) is 5.32. The van der Waals surface area contributed by atoms with Gasteiger partial charge in [0.1, 0.15) is 0 Å². The summed E-state index contributed by atoms with van der Waals surface area (Å²) in [6, 6.07) is -0.116. The van der Waals surface area contributed by atoms with E-state index in [1.54, 1.807) is 0 Å². The quantitative estimate of drug-likeness (QED) is 0.687. The number of ether oxygens (including phenoxy) is 1. The molecule has 0 aromatic heterocycles. The number of hydrogen-bond acceptors (Lipinski definition) is 3. The van der Waals surface area contributed by atoms with Crippen LogP contribution in [-0.4, -0.2) is 49.2 Å². The van der Waals surface area contributed by atoms with E-state index in [0.29, 0.717) is 12.7 Å². The van der Waals surface area contributed by atoms with Gasteiger partial charge in [-0.25, -0.2) is 0 Å². The summed E-state index contributed by atoms with van der Waals surface area (Å²) in [5, 5.41) is 3.25. The van der Waals surface area contributed by atoms with E-state index in [1.807, 2.05) is 25.7 Å². The van der Waals surface area contributed by atoms with Gasteiger partial charge in [-0.15, -0.1) is 0 Å². The first-order valence-electron chi connectivity index (χ1n) is 7.82. The Kier molecular flexibility index (Phi) is 8.07. The van der Waals surface area contributed by atoms with Crippen LogP contribution in [0.15, 0.2) is 0 Å². The molecule has 0 heterocycles. The highest BCUT2D eigenvalue weighted by Gasteiger charge is 2.17. The number of carbonyl (C=O) groups is 1. The van der Waals surface area contributed by atoms with Crippen LogP contribution in [0.5, 0.6) is 0 Å². The van der Waals surface area contributed by atoms with E-state index < -0.39 is 0 Å². The molecular weight excluding hydrogens is 240 g/mol. The summed E-state index contributed by atoms with van der Waals surface area (Å²) in [4.78, 5) is 13.9. The Morgan fingerprint density at radius 1 is 1.26 bits per heavy atom. The van der Waals surface area contributed by atoms with Gasteiger partial charge in [0.15, 0.2) is 0 Å². The molecule has 4 nitrogen and oxygen atoms in total. The van der Waals surface area contributed by atoms with Gasteiger partial charge in [-0.2, -0.15) is 0 Å². The predicted octanol–water partition coefficient (Wildman–Crippen LogP) is 2.18. The molecule has 1 saturated carbocycles. The van der Waals surface area contributed by atoms with E-state index in [-0.39, 0.29) is 11.9 Å². The van der Waals surface area contributed by atoms with Crippen molar-refractivity contribution in [1.82, 2.24) is 10.2 Å². The van der Waals surface area contributed by atoms with Crippen LogP contribution in [0.4, 0.5) is 0 Å². The van der Waals surface area contributed by atoms with Crippen LogP contribution in [0.25, 0.3) is 0 Å². The molecule has 1 N–H and O–H groups in total. The topological polar surface area (TPSA) is 41.6 Å². The zero-order valence-corrected chi connectivity index (χ0v) is 12.8. The second kappa shape index (κ2) is 9.32. The van der Waals surface area contributed by atoms with Crippen molar-refractivity contribution in [2.45, 2.75) is 65.0 Å². The minimum Gasteiger partial charge on any atom is -0.377 e. The monoisotopic (exact) mass is 270 g/mol. The number of nitrogens with zero attached hydrogens (tertiary/aromatic N) is 1. The highest BCUT2D eigenvalue weighted by molar-refractivity contribution is 5.81. The van der Waals surface area contributed by atoms with Crippen molar-refractivity contribution in [3.8, 4) is 0 Å². The summed E-state index contributed by atoms with van der Waals surface area (Å²) in [6.45, 7) is 8.98. The van der Waals surface area contributed by atoms with Crippen LogP contribution in [-0.2, 0) is 9.53 Å². The van der Waals surface area contributed by atoms with E-state index in [0.717, 1.165) is 19.6 Å². The molecule has 0 aromatic carbocycles. The van der Waals surface area contributed by atoms with Crippen molar-refractivity contribution in [2.24, 2.45) is 0 Å². The number of amides is 1. The standard InChI is InChI=1S/C15H30N2O2/c1-4-17(5-2)15(18)13(3)16-11-12-19-14-9-7-6-8-10-14/h13-14,16H,4-12H2,1-3H3. The summed E-state index contributed by atoms with van der Waals surface area (Å²) in [5.41, 5.74) is 0. The summed E-state index contributed by atoms with van der Waals surface area (Å²) in [7, 11) is 0. The van der Waals surface area contributed by atoms with Crippen molar-refractivity contribution >= 4 is 5.91 Å². The summed E-state index contributed by atoms with van der Waals surface area (Å²) < 4.78 is 5.84. The Labute approximate surface area is 117 Å². The number of carbonyl (C=O) groups excluding carboxylic acids is 1. The van der Waals surface area contributed by atoms with E-state index in [2.05, 4.69) is 5.32 Å². The third kappa shape index (κ3) is 5.91.